The Balaban J connectivity index is 2.68. The standard InChI is InChI=1S/C15H32S/c1-5-8-11-16(12-9-6-2,13-10-7-3)14-15(16)4/h16H,4-14H2,1-3H3. The summed E-state index contributed by atoms with van der Waals surface area (Å²) in [5.74, 6) is 6.09. The normalized spacial score (nSPS) is 23.7. The van der Waals surface area contributed by atoms with Gasteiger partial charge in [-0.2, -0.15) is 0 Å². The molecule has 0 amide bonds. The second-order valence-corrected chi connectivity index (χ2v) is 12.2. The molecular formula is C15H32S. The lowest BCUT2D eigenvalue weighted by Gasteiger charge is -2.45. The maximum absolute atomic E-state index is 4.41. The molecule has 0 atom stereocenters. The van der Waals surface area contributed by atoms with Gasteiger partial charge < -0.3 is 0 Å². The maximum Gasteiger partial charge on any atom is -0.00465 e. The molecule has 1 aliphatic heterocycles. The van der Waals surface area contributed by atoms with Crippen molar-refractivity contribution in [3.8, 4) is 0 Å². The minimum atomic E-state index is -1.34. The smallest absolute Gasteiger partial charge is 0.00465 e. The van der Waals surface area contributed by atoms with Crippen molar-refractivity contribution >= 4 is 9.16 Å². The topological polar surface area (TPSA) is 0 Å². The molecule has 1 heterocycles. The van der Waals surface area contributed by atoms with Gasteiger partial charge in [-0.05, 0) is 47.2 Å². The Bertz CT molecular complexity index is 217. The summed E-state index contributed by atoms with van der Waals surface area (Å²) in [5, 5.41) is 0. The summed E-state index contributed by atoms with van der Waals surface area (Å²) in [6, 6.07) is 0. The molecule has 1 saturated heterocycles. The molecule has 0 aromatic rings. The van der Waals surface area contributed by atoms with E-state index in [9.17, 15) is 0 Å². The summed E-state index contributed by atoms with van der Waals surface area (Å²) >= 11 is 0. The molecule has 1 heteroatoms. The number of hydrogen-bond acceptors (Lipinski definition) is 0. The minimum Gasteiger partial charge on any atom is -0.261 e. The molecule has 0 aromatic carbocycles. The van der Waals surface area contributed by atoms with E-state index in [0.29, 0.717) is 0 Å². The molecule has 0 bridgehead atoms. The van der Waals surface area contributed by atoms with Crippen LogP contribution in [0.25, 0.3) is 0 Å². The van der Waals surface area contributed by atoms with Crippen LogP contribution in [0.1, 0.15) is 59.3 Å². The Morgan fingerprint density at radius 3 is 1.38 bits per heavy atom. The number of hydrogen-bond donors (Lipinski definition) is 1. The molecule has 1 aliphatic rings. The Kier molecular flexibility index (Phi) is 4.97. The number of rotatable bonds is 9. The fourth-order valence-electron chi connectivity index (χ4n) is 3.21. The van der Waals surface area contributed by atoms with Gasteiger partial charge in [0.2, 0.25) is 0 Å². The van der Waals surface area contributed by atoms with Crippen LogP contribution in [0.5, 0.6) is 0 Å². The lowest BCUT2D eigenvalue weighted by molar-refractivity contribution is 0.847. The van der Waals surface area contributed by atoms with Gasteiger partial charge in [0.15, 0.2) is 0 Å². The van der Waals surface area contributed by atoms with Crippen molar-refractivity contribution in [2.75, 3.05) is 23.0 Å². The van der Waals surface area contributed by atoms with Crippen molar-refractivity contribution in [3.63, 3.8) is 0 Å². The van der Waals surface area contributed by atoms with E-state index in [1.807, 2.05) is 0 Å². The second kappa shape index (κ2) is 5.62. The lowest BCUT2D eigenvalue weighted by atomic mass is 10.4. The zero-order valence-electron chi connectivity index (χ0n) is 11.7. The Labute approximate surface area is 103 Å². The van der Waals surface area contributed by atoms with Gasteiger partial charge in [0.1, 0.15) is 0 Å². The van der Waals surface area contributed by atoms with Gasteiger partial charge in [0.05, 0.1) is 0 Å². The molecule has 0 aromatic heterocycles. The highest BCUT2D eigenvalue weighted by molar-refractivity contribution is 8.58. The predicted molar refractivity (Wildman–Crippen MR) is 82.3 cm³/mol. The average Bonchev–Trinajstić information content (AvgIpc) is 2.89. The van der Waals surface area contributed by atoms with Crippen LogP contribution in [0.3, 0.4) is 0 Å². The molecular weight excluding hydrogens is 212 g/mol. The van der Waals surface area contributed by atoms with Crippen LogP contribution in [0.2, 0.25) is 0 Å². The Hall–Kier alpha value is 0.0900. The van der Waals surface area contributed by atoms with E-state index in [-0.39, 0.29) is 0 Å². The number of thiol groups is 1. The first-order valence-electron chi connectivity index (χ1n) is 7.32. The maximum atomic E-state index is 4.41. The third kappa shape index (κ3) is 2.67. The molecule has 0 radical (unpaired) electrons. The zero-order chi connectivity index (χ0) is 12.1. The van der Waals surface area contributed by atoms with E-state index < -0.39 is 9.16 Å². The van der Waals surface area contributed by atoms with Crippen LogP contribution < -0.4 is 0 Å². The van der Waals surface area contributed by atoms with Gasteiger partial charge in [0.25, 0.3) is 0 Å². The van der Waals surface area contributed by atoms with E-state index in [0.717, 1.165) is 0 Å². The molecule has 98 valence electrons. The van der Waals surface area contributed by atoms with Crippen LogP contribution in [0.4, 0.5) is 0 Å². The fourth-order valence-corrected chi connectivity index (χ4v) is 10.5. The largest absolute Gasteiger partial charge is 0.261 e. The van der Waals surface area contributed by atoms with Crippen LogP contribution in [0, 0.1) is 0 Å². The van der Waals surface area contributed by atoms with E-state index in [4.69, 9.17) is 0 Å². The molecule has 1 fully saturated rings. The van der Waals surface area contributed by atoms with Crippen LogP contribution in [-0.2, 0) is 0 Å². The van der Waals surface area contributed by atoms with Gasteiger partial charge in [-0.15, -0.1) is 0 Å². The molecule has 1 rings (SSSR count). The van der Waals surface area contributed by atoms with E-state index in [2.05, 4.69) is 27.4 Å². The molecule has 0 N–H and O–H groups in total. The lowest BCUT2D eigenvalue weighted by Crippen LogP contribution is -2.16. The molecule has 0 aliphatic carbocycles. The molecule has 0 nitrogen and oxygen atoms in total. The highest BCUT2D eigenvalue weighted by Gasteiger charge is 2.54. The first-order valence-corrected chi connectivity index (χ1v) is 10.3. The summed E-state index contributed by atoms with van der Waals surface area (Å²) in [5.41, 5.74) is 0. The first-order chi connectivity index (χ1) is 7.63. The van der Waals surface area contributed by atoms with Gasteiger partial charge in [-0.3, -0.25) is 9.16 Å². The van der Waals surface area contributed by atoms with Crippen molar-refractivity contribution in [3.05, 3.63) is 11.5 Å². The van der Waals surface area contributed by atoms with Crippen LogP contribution in [0.15, 0.2) is 11.5 Å². The fraction of sp³-hybridized carbons (Fsp3) is 0.867. The summed E-state index contributed by atoms with van der Waals surface area (Å²) in [4.78, 5) is 1.71. The van der Waals surface area contributed by atoms with Crippen molar-refractivity contribution in [2.24, 2.45) is 0 Å². The molecule has 0 spiro atoms. The minimum absolute atomic E-state index is 1.34. The van der Waals surface area contributed by atoms with Crippen molar-refractivity contribution < 1.29 is 0 Å². The van der Waals surface area contributed by atoms with Crippen molar-refractivity contribution in [1.29, 1.82) is 0 Å². The van der Waals surface area contributed by atoms with E-state index in [1.165, 1.54) is 44.3 Å². The highest BCUT2D eigenvalue weighted by Crippen LogP contribution is 2.89. The average molecular weight is 244 g/mol. The van der Waals surface area contributed by atoms with Crippen LogP contribution in [-0.4, -0.2) is 23.0 Å². The molecule has 16 heavy (non-hydrogen) atoms. The summed E-state index contributed by atoms with van der Waals surface area (Å²) in [6.07, 6.45) is 8.44. The third-order valence-electron chi connectivity index (χ3n) is 4.68. The van der Waals surface area contributed by atoms with E-state index >= 15 is 0 Å². The van der Waals surface area contributed by atoms with Gasteiger partial charge >= 0.3 is 0 Å². The van der Waals surface area contributed by atoms with Crippen LogP contribution >= 0.6 is 9.16 Å². The van der Waals surface area contributed by atoms with Gasteiger partial charge in [-0.1, -0.05) is 46.6 Å². The number of unbranched alkanes of at least 4 members (excludes halogenated alkanes) is 3. The quantitative estimate of drug-likeness (QED) is 0.429. The summed E-state index contributed by atoms with van der Waals surface area (Å²) in [6.45, 7) is 11.4. The van der Waals surface area contributed by atoms with E-state index in [1.54, 1.807) is 22.2 Å². The van der Waals surface area contributed by atoms with Crippen molar-refractivity contribution in [2.45, 2.75) is 59.3 Å². The van der Waals surface area contributed by atoms with Gasteiger partial charge in [-0.25, -0.2) is 0 Å². The summed E-state index contributed by atoms with van der Waals surface area (Å²) < 4.78 is 0. The summed E-state index contributed by atoms with van der Waals surface area (Å²) in [7, 11) is -1.34. The van der Waals surface area contributed by atoms with Gasteiger partial charge in [0, 0.05) is 0 Å². The second-order valence-electron chi connectivity index (χ2n) is 5.93. The monoisotopic (exact) mass is 244 g/mol. The first kappa shape index (κ1) is 14.2. The SMILES string of the molecule is C=C1C[SH]1(CCCC)(CCCC)CCCC. The third-order valence-corrected chi connectivity index (χ3v) is 11.9. The Morgan fingerprint density at radius 2 is 1.19 bits per heavy atom. The molecule has 0 unspecified atom stereocenters. The van der Waals surface area contributed by atoms with Crippen molar-refractivity contribution in [1.82, 2.24) is 0 Å². The molecule has 0 saturated carbocycles. The predicted octanol–water partition coefficient (Wildman–Crippen LogP) is 4.99. The highest BCUT2D eigenvalue weighted by atomic mass is 32.3. The zero-order valence-corrected chi connectivity index (χ0v) is 12.6. The Morgan fingerprint density at radius 1 is 0.875 bits per heavy atom.